The molecule has 0 bridgehead atoms. The molecule has 0 heterocycles. The van der Waals surface area contributed by atoms with Gasteiger partial charge in [-0.05, 0) is 41.6 Å². The summed E-state index contributed by atoms with van der Waals surface area (Å²) in [6.45, 7) is 3.48. The Labute approximate surface area is 187 Å². The first-order valence-electron chi connectivity index (χ1n) is 9.52. The van der Waals surface area contributed by atoms with Crippen LogP contribution in [-0.2, 0) is 16.1 Å². The van der Waals surface area contributed by atoms with Crippen molar-refractivity contribution in [3.63, 3.8) is 0 Å². The number of hydrogen-bond acceptors (Lipinski definition) is 6. The lowest BCUT2D eigenvalue weighted by Gasteiger charge is -2.16. The van der Waals surface area contributed by atoms with Gasteiger partial charge in [-0.25, -0.2) is 0 Å². The molecule has 3 aromatic rings. The molecule has 3 rings (SSSR count). The second-order valence-corrected chi connectivity index (χ2v) is 7.13. The van der Waals surface area contributed by atoms with E-state index in [-0.39, 0.29) is 36.2 Å². The number of hydrogen-bond donors (Lipinski definition) is 0. The summed E-state index contributed by atoms with van der Waals surface area (Å²) in [5, 5.41) is 1.47. The Kier molecular flexibility index (Phi) is 8.30. The molecule has 0 saturated carbocycles. The van der Waals surface area contributed by atoms with Crippen LogP contribution in [0.5, 0.6) is 11.5 Å². The highest BCUT2D eigenvalue weighted by atomic mass is 35.5. The fraction of sp³-hybridized carbons (Fsp3) is 0.208. The van der Waals surface area contributed by atoms with Crippen molar-refractivity contribution >= 4 is 40.9 Å². The Balaban J connectivity index is 0.00000341. The Bertz CT molecular complexity index is 1100. The number of ketones is 1. The molecule has 0 aromatic heterocycles. The number of Topliss-reactive ketones (excluding diaryl/α,β-unsaturated/α-hetero) is 1. The highest BCUT2D eigenvalue weighted by Crippen LogP contribution is 2.33. The molecular formula is C24H24ClNO5. The monoisotopic (exact) mass is 441 g/mol. The molecule has 0 aliphatic carbocycles. The average molecular weight is 442 g/mol. The highest BCUT2D eigenvalue weighted by molar-refractivity contribution is 6.01. The third kappa shape index (κ3) is 6.64. The van der Waals surface area contributed by atoms with Gasteiger partial charge in [0.1, 0.15) is 0 Å². The van der Waals surface area contributed by atoms with E-state index in [1.807, 2.05) is 42.3 Å². The Morgan fingerprint density at radius 3 is 1.97 bits per heavy atom. The summed E-state index contributed by atoms with van der Waals surface area (Å²) in [4.78, 5) is 37.5. The van der Waals surface area contributed by atoms with Crippen molar-refractivity contribution in [2.24, 2.45) is 0 Å². The number of carbonyl (C=O) groups is 3. The molecule has 6 nitrogen and oxygen atoms in total. The first-order valence-corrected chi connectivity index (χ1v) is 9.52. The molecule has 0 aliphatic heterocycles. The lowest BCUT2D eigenvalue weighted by Crippen LogP contribution is -2.25. The number of benzene rings is 3. The smallest absolute Gasteiger partial charge is 0.308 e. The fourth-order valence-corrected chi connectivity index (χ4v) is 3.19. The van der Waals surface area contributed by atoms with Gasteiger partial charge >= 0.3 is 11.9 Å². The molecule has 0 spiro atoms. The predicted molar refractivity (Wildman–Crippen MR) is 121 cm³/mol. The summed E-state index contributed by atoms with van der Waals surface area (Å²) >= 11 is 0. The van der Waals surface area contributed by atoms with Crippen molar-refractivity contribution in [3.8, 4) is 11.5 Å². The predicted octanol–water partition coefficient (Wildman–Crippen LogP) is 4.43. The normalized spacial score (nSPS) is 10.5. The number of ether oxygens (including phenoxy) is 2. The maximum atomic E-state index is 12.8. The SMILES string of the molecule is CC(=O)Oc1cc2ccc(C(=O)CN(C)Cc3ccccc3)cc2cc1OC(C)=O.Cl. The topological polar surface area (TPSA) is 72.9 Å². The zero-order valence-electron chi connectivity index (χ0n) is 17.6. The van der Waals surface area contributed by atoms with E-state index in [9.17, 15) is 14.4 Å². The van der Waals surface area contributed by atoms with Crippen molar-refractivity contribution in [2.45, 2.75) is 20.4 Å². The molecule has 162 valence electrons. The lowest BCUT2D eigenvalue weighted by molar-refractivity contribution is -0.134. The van der Waals surface area contributed by atoms with Gasteiger partial charge in [-0.1, -0.05) is 42.5 Å². The molecule has 0 unspecified atom stereocenters. The molecule has 0 saturated heterocycles. The first kappa shape index (κ1) is 24.1. The van der Waals surface area contributed by atoms with Crippen molar-refractivity contribution in [1.29, 1.82) is 0 Å². The van der Waals surface area contributed by atoms with E-state index in [1.165, 1.54) is 13.8 Å². The minimum Gasteiger partial charge on any atom is -0.423 e. The van der Waals surface area contributed by atoms with Crippen LogP contribution in [0, 0.1) is 0 Å². The lowest BCUT2D eigenvalue weighted by atomic mass is 10.0. The van der Waals surface area contributed by atoms with Crippen LogP contribution in [0.25, 0.3) is 10.8 Å². The quantitative estimate of drug-likeness (QED) is 0.307. The summed E-state index contributed by atoms with van der Waals surface area (Å²) in [5.74, 6) is -0.773. The van der Waals surface area contributed by atoms with Crippen molar-refractivity contribution in [2.75, 3.05) is 13.6 Å². The second kappa shape index (κ2) is 10.7. The number of fused-ring (bicyclic) bond motifs is 1. The highest BCUT2D eigenvalue weighted by Gasteiger charge is 2.15. The molecule has 3 aromatic carbocycles. The number of likely N-dealkylation sites (N-methyl/N-ethyl adjacent to an activating group) is 1. The summed E-state index contributed by atoms with van der Waals surface area (Å²) in [5.41, 5.74) is 1.69. The van der Waals surface area contributed by atoms with Crippen LogP contribution in [0.2, 0.25) is 0 Å². The summed E-state index contributed by atoms with van der Waals surface area (Å²) in [6.07, 6.45) is 0. The van der Waals surface area contributed by atoms with E-state index >= 15 is 0 Å². The second-order valence-electron chi connectivity index (χ2n) is 7.13. The van der Waals surface area contributed by atoms with Gasteiger partial charge in [-0.15, -0.1) is 12.4 Å². The molecular weight excluding hydrogens is 418 g/mol. The maximum Gasteiger partial charge on any atom is 0.308 e. The standard InChI is InChI=1S/C24H23NO5.ClH/c1-16(26)29-23-12-19-9-10-20(11-21(19)13-24(23)30-17(2)27)22(28)15-25(3)14-18-7-5-4-6-8-18;/h4-13H,14-15H2,1-3H3;1H. The fourth-order valence-electron chi connectivity index (χ4n) is 3.19. The summed E-state index contributed by atoms with van der Waals surface area (Å²) < 4.78 is 10.3. The zero-order valence-corrected chi connectivity index (χ0v) is 18.4. The van der Waals surface area contributed by atoms with Gasteiger partial charge < -0.3 is 9.47 Å². The van der Waals surface area contributed by atoms with Crippen molar-refractivity contribution < 1.29 is 23.9 Å². The molecule has 0 N–H and O–H groups in total. The van der Waals surface area contributed by atoms with E-state index in [0.29, 0.717) is 17.5 Å². The largest absolute Gasteiger partial charge is 0.423 e. The average Bonchev–Trinajstić information content (AvgIpc) is 2.68. The molecule has 0 amide bonds. The van der Waals surface area contributed by atoms with E-state index in [0.717, 1.165) is 10.9 Å². The maximum absolute atomic E-state index is 12.8. The van der Waals surface area contributed by atoms with Gasteiger partial charge in [0.15, 0.2) is 17.3 Å². The van der Waals surface area contributed by atoms with Crippen LogP contribution in [0.3, 0.4) is 0 Å². The van der Waals surface area contributed by atoms with E-state index < -0.39 is 11.9 Å². The molecule has 7 heteroatoms. The van der Waals surface area contributed by atoms with Gasteiger partial charge in [0.2, 0.25) is 0 Å². The van der Waals surface area contributed by atoms with Crippen LogP contribution in [-0.4, -0.2) is 36.2 Å². The minimum absolute atomic E-state index is 0. The number of halogens is 1. The van der Waals surface area contributed by atoms with Gasteiger partial charge in [0.05, 0.1) is 6.54 Å². The molecule has 0 fully saturated rings. The third-order valence-electron chi connectivity index (χ3n) is 4.44. The summed E-state index contributed by atoms with van der Waals surface area (Å²) in [6, 6.07) is 18.4. The Morgan fingerprint density at radius 2 is 1.39 bits per heavy atom. The van der Waals surface area contributed by atoms with Crippen molar-refractivity contribution in [3.05, 3.63) is 71.8 Å². The van der Waals surface area contributed by atoms with Crippen LogP contribution in [0.4, 0.5) is 0 Å². The van der Waals surface area contributed by atoms with Crippen LogP contribution < -0.4 is 9.47 Å². The van der Waals surface area contributed by atoms with Gasteiger partial charge in [-0.2, -0.15) is 0 Å². The number of nitrogens with zero attached hydrogens (tertiary/aromatic N) is 1. The van der Waals surface area contributed by atoms with Crippen molar-refractivity contribution in [1.82, 2.24) is 4.90 Å². The van der Waals surface area contributed by atoms with E-state index in [4.69, 9.17) is 9.47 Å². The zero-order chi connectivity index (χ0) is 21.7. The van der Waals surface area contributed by atoms with Crippen LogP contribution in [0.15, 0.2) is 60.7 Å². The van der Waals surface area contributed by atoms with Gasteiger partial charge in [0.25, 0.3) is 0 Å². The molecule has 31 heavy (non-hydrogen) atoms. The number of esters is 2. The number of rotatable bonds is 7. The van der Waals surface area contributed by atoms with E-state index in [1.54, 1.807) is 30.3 Å². The third-order valence-corrected chi connectivity index (χ3v) is 4.44. The van der Waals surface area contributed by atoms with Crippen LogP contribution in [0.1, 0.15) is 29.8 Å². The number of carbonyl (C=O) groups excluding carboxylic acids is 3. The summed E-state index contributed by atoms with van der Waals surface area (Å²) in [7, 11) is 1.90. The van der Waals surface area contributed by atoms with E-state index in [2.05, 4.69) is 0 Å². The van der Waals surface area contributed by atoms with Gasteiger partial charge in [-0.3, -0.25) is 19.3 Å². The molecule has 0 atom stereocenters. The Hall–Kier alpha value is -3.22. The Morgan fingerprint density at radius 1 is 0.806 bits per heavy atom. The van der Waals surface area contributed by atoms with Gasteiger partial charge in [0, 0.05) is 26.0 Å². The molecule has 0 radical (unpaired) electrons. The minimum atomic E-state index is -0.530. The van der Waals surface area contributed by atoms with Crippen LogP contribution >= 0.6 is 12.4 Å². The molecule has 0 aliphatic rings. The first-order chi connectivity index (χ1) is 14.3.